The van der Waals surface area contributed by atoms with Crippen LogP contribution in [0.3, 0.4) is 0 Å². The smallest absolute Gasteiger partial charge is 0.142 e. The lowest BCUT2D eigenvalue weighted by molar-refractivity contribution is -0.0527. The third-order valence-electron chi connectivity index (χ3n) is 9.52. The van der Waals surface area contributed by atoms with Crippen LogP contribution in [0.5, 0.6) is 0 Å². The van der Waals surface area contributed by atoms with Gasteiger partial charge in [0.25, 0.3) is 0 Å². The maximum atomic E-state index is 11.7. The molecule has 0 bridgehead atoms. The van der Waals surface area contributed by atoms with Crippen LogP contribution >= 0.6 is 11.6 Å². The number of nitrogens with zero attached hydrogens (tertiary/aromatic N) is 2. The molecule has 4 atom stereocenters. The van der Waals surface area contributed by atoms with E-state index in [2.05, 4.69) is 15.6 Å². The first-order valence-corrected chi connectivity index (χ1v) is 16.7. The number of halogens is 1. The summed E-state index contributed by atoms with van der Waals surface area (Å²) in [5.74, 6) is 1.07. The minimum absolute atomic E-state index is 0.172. The molecule has 2 saturated heterocycles. The van der Waals surface area contributed by atoms with Crippen LogP contribution in [0.2, 0.25) is 5.15 Å². The van der Waals surface area contributed by atoms with Gasteiger partial charge in [-0.15, -0.1) is 0 Å². The number of unbranched alkanes of at least 4 members (excludes halogenated alkanes) is 2. The van der Waals surface area contributed by atoms with Crippen molar-refractivity contribution in [1.29, 1.82) is 0 Å². The second-order valence-electron chi connectivity index (χ2n) is 12.4. The van der Waals surface area contributed by atoms with Gasteiger partial charge < -0.3 is 39.3 Å². The largest absolute Gasteiger partial charge is 0.464 e. The van der Waals surface area contributed by atoms with E-state index in [0.29, 0.717) is 17.4 Å². The first-order valence-electron chi connectivity index (χ1n) is 16.3. The van der Waals surface area contributed by atoms with Gasteiger partial charge in [0.2, 0.25) is 0 Å². The molecule has 5 rings (SSSR count). The Balaban J connectivity index is 0.000000202. The van der Waals surface area contributed by atoms with Crippen LogP contribution in [0, 0.1) is 11.8 Å². The minimum atomic E-state index is -0.928. The van der Waals surface area contributed by atoms with E-state index in [9.17, 15) is 10.2 Å². The van der Waals surface area contributed by atoms with Gasteiger partial charge in [-0.2, -0.15) is 0 Å². The van der Waals surface area contributed by atoms with E-state index in [1.54, 1.807) is 31.2 Å². The second-order valence-corrected chi connectivity index (χ2v) is 12.8. The van der Waals surface area contributed by atoms with Crippen molar-refractivity contribution in [2.24, 2.45) is 18.9 Å². The van der Waals surface area contributed by atoms with Crippen molar-refractivity contribution in [1.82, 2.24) is 20.2 Å². The SMILES string of the molecule is COCCCC[C@@](O)(c1cccc2ccoc12)[C@@H]1CCCNC1.COCCCC[C@@](O)(c1ncc(Cl)n1C)[C@@H]1CCCNC1. The second kappa shape index (κ2) is 17.1. The molecule has 2 fully saturated rings. The number of imidazole rings is 1. The van der Waals surface area contributed by atoms with Crippen molar-refractivity contribution in [3.05, 3.63) is 53.3 Å². The number of piperidine rings is 2. The Morgan fingerprint density at radius 2 is 1.55 bits per heavy atom. The van der Waals surface area contributed by atoms with E-state index in [1.165, 1.54) is 0 Å². The summed E-state index contributed by atoms with van der Waals surface area (Å²) in [5.41, 5.74) is -0.0138. The summed E-state index contributed by atoms with van der Waals surface area (Å²) in [5, 5.41) is 31.5. The van der Waals surface area contributed by atoms with Crippen molar-refractivity contribution >= 4 is 22.6 Å². The van der Waals surface area contributed by atoms with E-state index in [0.717, 1.165) is 114 Å². The van der Waals surface area contributed by atoms with Crippen molar-refractivity contribution in [2.75, 3.05) is 53.6 Å². The van der Waals surface area contributed by atoms with Crippen LogP contribution in [0.1, 0.15) is 75.6 Å². The number of aromatic nitrogens is 2. The van der Waals surface area contributed by atoms with Crippen LogP contribution < -0.4 is 10.6 Å². The topological polar surface area (TPSA) is 114 Å². The van der Waals surface area contributed by atoms with Gasteiger partial charge in [-0.1, -0.05) is 29.8 Å². The average molecular weight is 633 g/mol. The molecule has 44 heavy (non-hydrogen) atoms. The fraction of sp³-hybridized carbons (Fsp3) is 0.676. The quantitative estimate of drug-likeness (QED) is 0.172. The van der Waals surface area contributed by atoms with E-state index in [1.807, 2.05) is 31.3 Å². The molecule has 2 aromatic heterocycles. The van der Waals surface area contributed by atoms with Crippen molar-refractivity contribution in [3.63, 3.8) is 0 Å². The van der Waals surface area contributed by atoms with Gasteiger partial charge in [-0.05, 0) is 83.4 Å². The Bertz CT molecular complexity index is 1260. The molecular formula is C34H53ClN4O5. The normalized spacial score (nSPS) is 21.8. The van der Waals surface area contributed by atoms with Crippen LogP contribution in [0.15, 0.2) is 41.1 Å². The Hall–Kier alpha value is -1.98. The third-order valence-corrected chi connectivity index (χ3v) is 9.87. The molecule has 10 heteroatoms. The molecule has 0 amide bonds. The van der Waals surface area contributed by atoms with Gasteiger partial charge in [0.15, 0.2) is 0 Å². The maximum Gasteiger partial charge on any atom is 0.142 e. The summed E-state index contributed by atoms with van der Waals surface area (Å²) < 4.78 is 17.8. The lowest BCUT2D eigenvalue weighted by Gasteiger charge is -2.39. The van der Waals surface area contributed by atoms with E-state index in [-0.39, 0.29) is 11.8 Å². The first kappa shape index (κ1) is 34.9. The highest BCUT2D eigenvalue weighted by atomic mass is 35.5. The van der Waals surface area contributed by atoms with Gasteiger partial charge in [0, 0.05) is 70.4 Å². The number of nitrogens with one attached hydrogen (secondary N) is 2. The summed E-state index contributed by atoms with van der Waals surface area (Å²) >= 11 is 6.11. The number of methoxy groups -OCH3 is 2. The molecule has 0 saturated carbocycles. The van der Waals surface area contributed by atoms with Crippen LogP contribution in [-0.2, 0) is 27.7 Å². The molecule has 9 nitrogen and oxygen atoms in total. The predicted molar refractivity (Wildman–Crippen MR) is 175 cm³/mol. The number of furan rings is 1. The molecule has 3 aromatic rings. The van der Waals surface area contributed by atoms with Crippen molar-refractivity contribution in [2.45, 2.75) is 75.4 Å². The molecule has 246 valence electrons. The number of benzene rings is 1. The molecule has 1 aromatic carbocycles. The number of hydrogen-bond acceptors (Lipinski definition) is 8. The molecule has 0 radical (unpaired) electrons. The van der Waals surface area contributed by atoms with Gasteiger partial charge >= 0.3 is 0 Å². The molecule has 4 heterocycles. The standard InChI is InChI=1S/C19H27NO3.C15H26ClN3O2/c1-22-12-3-2-10-19(21,16-7-5-11-20-14-16)17-8-4-6-15-9-13-23-18(15)17;1-19-13(16)11-18-14(19)15(20,7-3-4-9-21-2)12-6-5-8-17-10-12/h4,6,8-9,13,16,20-21H,2-3,5,7,10-12,14H2,1H3;11-12,17,20H,3-10H2,1-2H3/t16-,19+;12-,15+/m11/s1. The minimum Gasteiger partial charge on any atom is -0.464 e. The molecule has 2 aliphatic heterocycles. The summed E-state index contributed by atoms with van der Waals surface area (Å²) in [7, 11) is 5.29. The predicted octanol–water partition coefficient (Wildman–Crippen LogP) is 5.51. The fourth-order valence-corrected chi connectivity index (χ4v) is 7.11. The molecular weight excluding hydrogens is 580 g/mol. The van der Waals surface area contributed by atoms with E-state index >= 15 is 0 Å². The fourth-order valence-electron chi connectivity index (χ4n) is 6.98. The molecule has 2 aliphatic rings. The molecule has 0 aliphatic carbocycles. The van der Waals surface area contributed by atoms with Gasteiger partial charge in [0.05, 0.1) is 18.1 Å². The van der Waals surface area contributed by atoms with Crippen molar-refractivity contribution in [3.8, 4) is 0 Å². The number of fused-ring (bicyclic) bond motifs is 1. The zero-order valence-corrected chi connectivity index (χ0v) is 27.6. The number of ether oxygens (including phenoxy) is 2. The Kier molecular flexibility index (Phi) is 13.5. The van der Waals surface area contributed by atoms with E-state index < -0.39 is 11.2 Å². The Labute approximate surface area is 267 Å². The third kappa shape index (κ3) is 8.43. The van der Waals surface area contributed by atoms with Gasteiger partial charge in [-0.3, -0.25) is 0 Å². The Morgan fingerprint density at radius 3 is 2.09 bits per heavy atom. The molecule has 0 unspecified atom stereocenters. The van der Waals surface area contributed by atoms with Crippen LogP contribution in [-0.4, -0.2) is 73.4 Å². The number of rotatable bonds is 14. The zero-order chi connectivity index (χ0) is 31.4. The Morgan fingerprint density at radius 1 is 0.932 bits per heavy atom. The summed E-state index contributed by atoms with van der Waals surface area (Å²) in [6.45, 7) is 5.21. The van der Waals surface area contributed by atoms with Crippen molar-refractivity contribution < 1.29 is 24.1 Å². The monoisotopic (exact) mass is 632 g/mol. The lowest BCUT2D eigenvalue weighted by atomic mass is 9.74. The highest BCUT2D eigenvalue weighted by Gasteiger charge is 2.42. The van der Waals surface area contributed by atoms with Gasteiger partial charge in [0.1, 0.15) is 22.2 Å². The maximum absolute atomic E-state index is 11.7. The number of para-hydroxylation sites is 1. The first-order chi connectivity index (χ1) is 21.3. The van der Waals surface area contributed by atoms with Crippen LogP contribution in [0.25, 0.3) is 11.0 Å². The summed E-state index contributed by atoms with van der Waals surface area (Å²) in [4.78, 5) is 4.38. The van der Waals surface area contributed by atoms with E-state index in [4.69, 9.17) is 25.5 Å². The summed E-state index contributed by atoms with van der Waals surface area (Å²) in [6, 6.07) is 8.04. The number of aliphatic hydroxyl groups is 2. The zero-order valence-electron chi connectivity index (χ0n) is 26.8. The molecule has 0 spiro atoms. The number of hydrogen-bond donors (Lipinski definition) is 4. The average Bonchev–Trinajstić information content (AvgIpc) is 3.68. The lowest BCUT2D eigenvalue weighted by Crippen LogP contribution is -2.45. The molecule has 4 N–H and O–H groups in total. The highest BCUT2D eigenvalue weighted by Crippen LogP contribution is 2.42. The summed E-state index contributed by atoms with van der Waals surface area (Å²) in [6.07, 6.45) is 12.8. The van der Waals surface area contributed by atoms with Gasteiger partial charge in [-0.25, -0.2) is 4.98 Å². The van der Waals surface area contributed by atoms with Crippen LogP contribution in [0.4, 0.5) is 0 Å². The highest BCUT2D eigenvalue weighted by molar-refractivity contribution is 6.29.